The maximum atomic E-state index is 11.1. The number of aliphatic hydroxyl groups is 2. The molecule has 2 saturated carbocycles. The number of β-amino-alcohol motifs (C(OH)–C–C–N with tert-alkyl or cyclic N) is 1. The normalized spacial score (nSPS) is 34.1. The van der Waals surface area contributed by atoms with E-state index < -0.39 is 11.7 Å². The molecule has 144 valence electrons. The van der Waals surface area contributed by atoms with E-state index >= 15 is 0 Å². The van der Waals surface area contributed by atoms with E-state index in [1.165, 1.54) is 32.1 Å². The van der Waals surface area contributed by atoms with Gasteiger partial charge < -0.3 is 15.3 Å². The second-order valence-electron chi connectivity index (χ2n) is 9.19. The third-order valence-electron chi connectivity index (χ3n) is 7.04. The molecule has 0 aromatic heterocycles. The largest absolute Gasteiger partial charge is 0.508 e. The second kappa shape index (κ2) is 7.49. The molecule has 1 heterocycles. The minimum Gasteiger partial charge on any atom is -0.508 e. The summed E-state index contributed by atoms with van der Waals surface area (Å²) in [4.78, 5) is 2.35. The predicted octanol–water partition coefficient (Wildman–Crippen LogP) is 3.47. The van der Waals surface area contributed by atoms with Gasteiger partial charge in [0.2, 0.25) is 0 Å². The van der Waals surface area contributed by atoms with Crippen molar-refractivity contribution < 1.29 is 15.3 Å². The Labute approximate surface area is 156 Å². The summed E-state index contributed by atoms with van der Waals surface area (Å²) in [6.45, 7) is 2.62. The van der Waals surface area contributed by atoms with Crippen LogP contribution in [0.15, 0.2) is 24.3 Å². The van der Waals surface area contributed by atoms with E-state index in [1.807, 2.05) is 0 Å². The van der Waals surface area contributed by atoms with E-state index in [0.29, 0.717) is 18.4 Å². The Bertz CT molecular complexity index is 582. The van der Waals surface area contributed by atoms with Crippen molar-refractivity contribution in [1.29, 1.82) is 0 Å². The Kier molecular flexibility index (Phi) is 5.27. The lowest BCUT2D eigenvalue weighted by atomic mass is 9.79. The highest BCUT2D eigenvalue weighted by Gasteiger charge is 2.48. The zero-order chi connectivity index (χ0) is 18.1. The molecule has 4 rings (SSSR count). The predicted molar refractivity (Wildman–Crippen MR) is 102 cm³/mol. The minimum absolute atomic E-state index is 0.230. The molecule has 3 aliphatic rings. The lowest BCUT2D eigenvalue weighted by Crippen LogP contribution is -2.34. The Morgan fingerprint density at radius 3 is 2.23 bits per heavy atom. The van der Waals surface area contributed by atoms with Crippen LogP contribution in [-0.2, 0) is 0 Å². The van der Waals surface area contributed by atoms with Crippen LogP contribution < -0.4 is 0 Å². The number of nitrogens with zero attached hydrogens (tertiary/aromatic N) is 1. The number of hydrogen-bond acceptors (Lipinski definition) is 4. The van der Waals surface area contributed by atoms with Gasteiger partial charge in [0.1, 0.15) is 5.75 Å². The minimum atomic E-state index is -0.518. The molecular weight excluding hydrogens is 326 g/mol. The van der Waals surface area contributed by atoms with Crippen molar-refractivity contribution in [1.82, 2.24) is 4.90 Å². The van der Waals surface area contributed by atoms with Crippen molar-refractivity contribution in [3.05, 3.63) is 29.8 Å². The van der Waals surface area contributed by atoms with E-state index in [1.54, 1.807) is 24.3 Å². The molecule has 0 amide bonds. The molecule has 1 aromatic rings. The fourth-order valence-electron chi connectivity index (χ4n) is 5.85. The molecule has 2 unspecified atom stereocenters. The van der Waals surface area contributed by atoms with E-state index in [9.17, 15) is 15.3 Å². The molecule has 1 aliphatic heterocycles. The Morgan fingerprint density at radius 1 is 1.00 bits per heavy atom. The zero-order valence-corrected chi connectivity index (χ0v) is 15.7. The quantitative estimate of drug-likeness (QED) is 0.753. The summed E-state index contributed by atoms with van der Waals surface area (Å²) in [5.41, 5.74) is 0.424. The van der Waals surface area contributed by atoms with Crippen LogP contribution in [0.3, 0.4) is 0 Å². The van der Waals surface area contributed by atoms with Crippen molar-refractivity contribution in [2.45, 2.75) is 63.1 Å². The van der Waals surface area contributed by atoms with Crippen LogP contribution in [0.4, 0.5) is 0 Å². The molecule has 4 nitrogen and oxygen atoms in total. The zero-order valence-electron chi connectivity index (χ0n) is 15.7. The summed E-state index contributed by atoms with van der Waals surface area (Å²) in [7, 11) is 0. The molecule has 0 bridgehead atoms. The van der Waals surface area contributed by atoms with Gasteiger partial charge in [-0.15, -0.1) is 0 Å². The topological polar surface area (TPSA) is 63.9 Å². The Hall–Kier alpha value is -1.10. The molecule has 4 atom stereocenters. The summed E-state index contributed by atoms with van der Waals surface area (Å²) < 4.78 is 0. The van der Waals surface area contributed by atoms with Crippen LogP contribution in [0.25, 0.3) is 0 Å². The van der Waals surface area contributed by atoms with Crippen LogP contribution in [0, 0.1) is 17.8 Å². The van der Waals surface area contributed by atoms with Crippen LogP contribution in [0.1, 0.15) is 63.0 Å². The lowest BCUT2D eigenvalue weighted by Gasteiger charge is -2.32. The maximum absolute atomic E-state index is 11.1. The number of aromatic hydroxyl groups is 1. The van der Waals surface area contributed by atoms with E-state index in [-0.39, 0.29) is 5.75 Å². The molecule has 2 aliphatic carbocycles. The fraction of sp³-hybridized carbons (Fsp3) is 0.727. The van der Waals surface area contributed by atoms with Gasteiger partial charge in [-0.2, -0.15) is 0 Å². The molecule has 3 N–H and O–H groups in total. The summed E-state index contributed by atoms with van der Waals surface area (Å²) in [6.07, 6.45) is 9.06. The third-order valence-corrected chi connectivity index (χ3v) is 7.04. The Morgan fingerprint density at radius 2 is 1.62 bits per heavy atom. The van der Waals surface area contributed by atoms with Gasteiger partial charge in [0.25, 0.3) is 0 Å². The molecule has 4 heteroatoms. The van der Waals surface area contributed by atoms with Gasteiger partial charge in [0.05, 0.1) is 11.7 Å². The van der Waals surface area contributed by atoms with Gasteiger partial charge in [-0.05, 0) is 54.7 Å². The number of phenolic OH excluding ortho intramolecular Hbond substituents is 1. The van der Waals surface area contributed by atoms with Crippen LogP contribution in [-0.4, -0.2) is 45.5 Å². The third kappa shape index (κ3) is 4.08. The molecule has 0 radical (unpaired) electrons. The molecule has 3 fully saturated rings. The van der Waals surface area contributed by atoms with Gasteiger partial charge in [0, 0.05) is 19.6 Å². The number of fused-ring (bicyclic) bond motifs is 1. The molecule has 1 aromatic carbocycles. The van der Waals surface area contributed by atoms with E-state index in [0.717, 1.165) is 43.8 Å². The standard InChI is InChI=1S/C22H33NO3/c24-20-8-6-17(7-9-20)21(25)15-23-13-18-11-22(26,12-19(18)14-23)10-16-4-2-1-3-5-16/h6-9,16,18-19,21,24-26H,1-5,10-15H2/t18-,19+,21?,22?. The molecular formula is C22H33NO3. The van der Waals surface area contributed by atoms with Crippen LogP contribution in [0.2, 0.25) is 0 Å². The second-order valence-corrected chi connectivity index (χ2v) is 9.19. The number of phenols is 1. The number of rotatable bonds is 5. The average Bonchev–Trinajstić information content (AvgIpc) is 3.10. The molecule has 0 spiro atoms. The summed E-state index contributed by atoms with van der Waals surface area (Å²) >= 11 is 0. The SMILES string of the molecule is Oc1ccc(C(O)CN2C[C@@H]3CC(O)(CC4CCCCC4)C[C@@H]3C2)cc1. The van der Waals surface area contributed by atoms with E-state index in [2.05, 4.69) is 4.90 Å². The van der Waals surface area contributed by atoms with E-state index in [4.69, 9.17) is 0 Å². The van der Waals surface area contributed by atoms with Crippen molar-refractivity contribution in [3.8, 4) is 5.75 Å². The van der Waals surface area contributed by atoms with Gasteiger partial charge in [-0.1, -0.05) is 44.2 Å². The fourth-order valence-corrected chi connectivity index (χ4v) is 5.85. The Balaban J connectivity index is 1.28. The van der Waals surface area contributed by atoms with Gasteiger partial charge in [0.15, 0.2) is 0 Å². The number of hydrogen-bond donors (Lipinski definition) is 3. The van der Waals surface area contributed by atoms with Crippen molar-refractivity contribution in [3.63, 3.8) is 0 Å². The first-order valence-electron chi connectivity index (χ1n) is 10.4. The maximum Gasteiger partial charge on any atom is 0.115 e. The van der Waals surface area contributed by atoms with Crippen molar-refractivity contribution in [2.75, 3.05) is 19.6 Å². The van der Waals surface area contributed by atoms with Gasteiger partial charge in [-0.25, -0.2) is 0 Å². The first kappa shape index (κ1) is 18.3. The summed E-state index contributed by atoms with van der Waals surface area (Å²) in [5.74, 6) is 2.13. The van der Waals surface area contributed by atoms with Crippen molar-refractivity contribution >= 4 is 0 Å². The van der Waals surface area contributed by atoms with Gasteiger partial charge in [-0.3, -0.25) is 4.90 Å². The first-order valence-corrected chi connectivity index (χ1v) is 10.4. The number of benzene rings is 1. The highest BCUT2D eigenvalue weighted by atomic mass is 16.3. The molecule has 1 saturated heterocycles. The lowest BCUT2D eigenvalue weighted by molar-refractivity contribution is 0.00460. The van der Waals surface area contributed by atoms with Crippen LogP contribution >= 0.6 is 0 Å². The van der Waals surface area contributed by atoms with Crippen molar-refractivity contribution in [2.24, 2.45) is 17.8 Å². The number of aliphatic hydroxyl groups excluding tert-OH is 1. The highest BCUT2D eigenvalue weighted by Crippen LogP contribution is 2.48. The smallest absolute Gasteiger partial charge is 0.115 e. The monoisotopic (exact) mass is 359 g/mol. The summed E-state index contributed by atoms with van der Waals surface area (Å²) in [5, 5.41) is 31.0. The van der Waals surface area contributed by atoms with Crippen LogP contribution in [0.5, 0.6) is 5.75 Å². The molecule has 26 heavy (non-hydrogen) atoms. The highest BCUT2D eigenvalue weighted by molar-refractivity contribution is 5.27. The van der Waals surface area contributed by atoms with Gasteiger partial charge >= 0.3 is 0 Å². The average molecular weight is 360 g/mol. The summed E-state index contributed by atoms with van der Waals surface area (Å²) in [6, 6.07) is 6.84. The number of likely N-dealkylation sites (tertiary alicyclic amines) is 1. The first-order chi connectivity index (χ1) is 12.5.